The predicted molar refractivity (Wildman–Crippen MR) is 90.5 cm³/mol. The number of nitrogens with two attached hydrogens (primary N) is 1. The lowest BCUT2D eigenvalue weighted by Crippen LogP contribution is -1.96. The number of rotatable bonds is 2. The van der Waals surface area contributed by atoms with Crippen molar-refractivity contribution in [2.24, 2.45) is 0 Å². The van der Waals surface area contributed by atoms with Crippen LogP contribution in [-0.2, 0) is 0 Å². The lowest BCUT2D eigenvalue weighted by molar-refractivity contribution is 1.33. The minimum Gasteiger partial charge on any atom is -0.399 e. The minimum absolute atomic E-state index is 0.785. The van der Waals surface area contributed by atoms with Crippen LogP contribution in [0.25, 0.3) is 0 Å². The molecule has 94 valence electrons. The summed E-state index contributed by atoms with van der Waals surface area (Å²) in [5.41, 5.74) is 11.2. The third kappa shape index (κ3) is 2.98. The molecule has 0 atom stereocenters. The van der Waals surface area contributed by atoms with E-state index < -0.39 is 0 Å². The molecule has 0 saturated heterocycles. The highest BCUT2D eigenvalue weighted by Crippen LogP contribution is 2.29. The first-order valence-corrected chi connectivity index (χ1v) is 7.43. The molecule has 2 nitrogen and oxygen atoms in total. The molecule has 0 aromatic heterocycles. The van der Waals surface area contributed by atoms with E-state index in [0.717, 1.165) is 20.6 Å². The zero-order chi connectivity index (χ0) is 13.3. The zero-order valence-electron chi connectivity index (χ0n) is 10.2. The molecule has 0 aliphatic carbocycles. The molecule has 0 bridgehead atoms. The van der Waals surface area contributed by atoms with Crippen molar-refractivity contribution < 1.29 is 0 Å². The summed E-state index contributed by atoms with van der Waals surface area (Å²) in [6.07, 6.45) is 0. The Kier molecular flexibility index (Phi) is 4.17. The number of aryl methyl sites for hydroxylation is 2. The quantitative estimate of drug-likeness (QED) is 0.534. The second-order valence-electron chi connectivity index (χ2n) is 4.29. The number of benzene rings is 2. The summed E-state index contributed by atoms with van der Waals surface area (Å²) in [5, 5.41) is 3.42. The number of anilines is 3. The topological polar surface area (TPSA) is 38.0 Å². The highest BCUT2D eigenvalue weighted by Gasteiger charge is 2.05. The van der Waals surface area contributed by atoms with Crippen LogP contribution in [0.5, 0.6) is 0 Å². The van der Waals surface area contributed by atoms with Crippen LogP contribution in [0.1, 0.15) is 11.1 Å². The third-order valence-electron chi connectivity index (χ3n) is 2.71. The molecule has 0 aliphatic heterocycles. The summed E-state index contributed by atoms with van der Waals surface area (Å²) in [5.74, 6) is 0. The van der Waals surface area contributed by atoms with E-state index in [1.54, 1.807) is 0 Å². The van der Waals surface area contributed by atoms with Gasteiger partial charge in [0.25, 0.3) is 0 Å². The van der Waals surface area contributed by atoms with Crippen LogP contribution in [0, 0.1) is 17.4 Å². The van der Waals surface area contributed by atoms with Gasteiger partial charge in [-0.25, -0.2) is 0 Å². The Balaban J connectivity index is 2.34. The summed E-state index contributed by atoms with van der Waals surface area (Å²) in [6, 6.07) is 10.1. The number of hydrogen-bond donors (Lipinski definition) is 2. The van der Waals surface area contributed by atoms with Gasteiger partial charge in [0.15, 0.2) is 0 Å². The van der Waals surface area contributed by atoms with Gasteiger partial charge in [0, 0.05) is 19.4 Å². The average Bonchev–Trinajstić information content (AvgIpc) is 2.29. The SMILES string of the molecule is Cc1cc(Nc2ccc(N)cc2I)cc(C)c1Br. The first-order valence-electron chi connectivity index (χ1n) is 5.56. The standard InChI is InChI=1S/C14H14BrIN2/c1-8-5-11(6-9(2)14(8)15)18-13-4-3-10(17)7-12(13)16/h3-7,18H,17H2,1-2H3. The largest absolute Gasteiger partial charge is 0.399 e. The van der Waals surface area contributed by atoms with Crippen molar-refractivity contribution in [2.75, 3.05) is 11.1 Å². The first-order chi connectivity index (χ1) is 8.47. The van der Waals surface area contributed by atoms with Crippen molar-refractivity contribution in [3.8, 4) is 0 Å². The second-order valence-corrected chi connectivity index (χ2v) is 6.24. The van der Waals surface area contributed by atoms with E-state index in [1.807, 2.05) is 18.2 Å². The molecular formula is C14H14BrIN2. The van der Waals surface area contributed by atoms with Gasteiger partial charge >= 0.3 is 0 Å². The number of nitrogens with one attached hydrogen (secondary N) is 1. The Morgan fingerprint density at radius 3 is 2.28 bits per heavy atom. The Bertz CT molecular complexity index is 573. The molecule has 2 rings (SSSR count). The molecule has 2 aromatic carbocycles. The molecule has 0 saturated carbocycles. The van der Waals surface area contributed by atoms with Crippen molar-refractivity contribution in [3.63, 3.8) is 0 Å². The van der Waals surface area contributed by atoms with Crippen LogP contribution >= 0.6 is 38.5 Å². The van der Waals surface area contributed by atoms with Gasteiger partial charge in [0.2, 0.25) is 0 Å². The molecule has 3 N–H and O–H groups in total. The summed E-state index contributed by atoms with van der Waals surface area (Å²) in [7, 11) is 0. The summed E-state index contributed by atoms with van der Waals surface area (Å²) < 4.78 is 2.28. The van der Waals surface area contributed by atoms with Crippen LogP contribution in [0.4, 0.5) is 17.1 Å². The molecule has 2 aromatic rings. The van der Waals surface area contributed by atoms with Gasteiger partial charge in [0.05, 0.1) is 5.69 Å². The Morgan fingerprint density at radius 1 is 1.11 bits per heavy atom. The summed E-state index contributed by atoms with van der Waals surface area (Å²) in [6.45, 7) is 4.19. The van der Waals surface area contributed by atoms with Crippen LogP contribution in [0.3, 0.4) is 0 Å². The maximum atomic E-state index is 5.75. The van der Waals surface area contributed by atoms with Crippen molar-refractivity contribution >= 4 is 55.6 Å². The summed E-state index contributed by atoms with van der Waals surface area (Å²) in [4.78, 5) is 0. The Morgan fingerprint density at radius 2 is 1.72 bits per heavy atom. The van der Waals surface area contributed by atoms with Gasteiger partial charge in [-0.2, -0.15) is 0 Å². The van der Waals surface area contributed by atoms with E-state index in [-0.39, 0.29) is 0 Å². The normalized spacial score (nSPS) is 10.4. The van der Waals surface area contributed by atoms with E-state index >= 15 is 0 Å². The van der Waals surface area contributed by atoms with Gasteiger partial charge < -0.3 is 11.1 Å². The highest BCUT2D eigenvalue weighted by atomic mass is 127. The smallest absolute Gasteiger partial charge is 0.0521 e. The van der Waals surface area contributed by atoms with Gasteiger partial charge in [-0.1, -0.05) is 15.9 Å². The van der Waals surface area contributed by atoms with Crippen LogP contribution in [0.2, 0.25) is 0 Å². The van der Waals surface area contributed by atoms with Crippen molar-refractivity contribution in [1.82, 2.24) is 0 Å². The van der Waals surface area contributed by atoms with E-state index in [1.165, 1.54) is 15.6 Å². The second kappa shape index (κ2) is 5.48. The fourth-order valence-electron chi connectivity index (χ4n) is 1.81. The van der Waals surface area contributed by atoms with E-state index in [2.05, 4.69) is 69.8 Å². The van der Waals surface area contributed by atoms with Crippen LogP contribution in [0.15, 0.2) is 34.8 Å². The minimum atomic E-state index is 0.785. The molecule has 0 radical (unpaired) electrons. The summed E-state index contributed by atoms with van der Waals surface area (Å²) >= 11 is 5.86. The number of nitrogen functional groups attached to an aromatic ring is 1. The predicted octanol–water partition coefficient (Wildman–Crippen LogP) is 5.00. The molecule has 0 amide bonds. The number of hydrogen-bond acceptors (Lipinski definition) is 2. The lowest BCUT2D eigenvalue weighted by Gasteiger charge is -2.12. The van der Waals surface area contributed by atoms with Crippen molar-refractivity contribution in [2.45, 2.75) is 13.8 Å². The van der Waals surface area contributed by atoms with Crippen LogP contribution in [-0.4, -0.2) is 0 Å². The fraction of sp³-hybridized carbons (Fsp3) is 0.143. The molecular weight excluding hydrogens is 403 g/mol. The zero-order valence-corrected chi connectivity index (χ0v) is 14.0. The van der Waals surface area contributed by atoms with Crippen molar-refractivity contribution in [3.05, 3.63) is 49.5 Å². The molecule has 0 unspecified atom stereocenters. The highest BCUT2D eigenvalue weighted by molar-refractivity contribution is 14.1. The van der Waals surface area contributed by atoms with Crippen molar-refractivity contribution in [1.29, 1.82) is 0 Å². The molecule has 0 aliphatic rings. The van der Waals surface area contributed by atoms with E-state index in [4.69, 9.17) is 5.73 Å². The monoisotopic (exact) mass is 416 g/mol. The third-order valence-corrected chi connectivity index (χ3v) is 4.85. The molecule has 0 heterocycles. The van der Waals surface area contributed by atoms with E-state index in [9.17, 15) is 0 Å². The maximum absolute atomic E-state index is 5.75. The molecule has 0 fully saturated rings. The van der Waals surface area contributed by atoms with E-state index in [0.29, 0.717) is 0 Å². The fourth-order valence-corrected chi connectivity index (χ4v) is 2.71. The van der Waals surface area contributed by atoms with Gasteiger partial charge in [-0.3, -0.25) is 0 Å². The van der Waals surface area contributed by atoms with Gasteiger partial charge in [-0.05, 0) is 77.9 Å². The lowest BCUT2D eigenvalue weighted by atomic mass is 10.1. The maximum Gasteiger partial charge on any atom is 0.0521 e. The molecule has 0 spiro atoms. The van der Waals surface area contributed by atoms with Gasteiger partial charge in [-0.15, -0.1) is 0 Å². The average molecular weight is 417 g/mol. The molecule has 18 heavy (non-hydrogen) atoms. The first kappa shape index (κ1) is 13.7. The Hall–Kier alpha value is -0.750. The van der Waals surface area contributed by atoms with Crippen LogP contribution < -0.4 is 11.1 Å². The number of halogens is 2. The Labute approximate surface area is 129 Å². The van der Waals surface area contributed by atoms with Gasteiger partial charge in [0.1, 0.15) is 0 Å². The molecule has 4 heteroatoms.